The summed E-state index contributed by atoms with van der Waals surface area (Å²) >= 11 is 0. The van der Waals surface area contributed by atoms with E-state index >= 15 is 0 Å². The minimum atomic E-state index is -0.0405. The molecule has 0 atom stereocenters. The van der Waals surface area contributed by atoms with Crippen molar-refractivity contribution in [2.45, 2.75) is 51.5 Å². The Kier molecular flexibility index (Phi) is 4.46. The first-order valence-corrected chi connectivity index (χ1v) is 7.76. The summed E-state index contributed by atoms with van der Waals surface area (Å²) in [5, 5.41) is 6.92. The summed E-state index contributed by atoms with van der Waals surface area (Å²) in [6, 6.07) is 4.06. The molecule has 1 saturated carbocycles. The van der Waals surface area contributed by atoms with Gasteiger partial charge in [0.25, 0.3) is 5.89 Å². The van der Waals surface area contributed by atoms with Crippen LogP contribution in [0.4, 0.5) is 0 Å². The maximum absolute atomic E-state index is 12.0. The van der Waals surface area contributed by atoms with Gasteiger partial charge in [-0.25, -0.2) is 0 Å². The van der Waals surface area contributed by atoms with Crippen molar-refractivity contribution in [3.05, 3.63) is 29.8 Å². The molecule has 3 rings (SSSR count). The van der Waals surface area contributed by atoms with E-state index in [1.807, 2.05) is 19.1 Å². The van der Waals surface area contributed by atoms with Crippen LogP contribution >= 0.6 is 0 Å². The third-order valence-electron chi connectivity index (χ3n) is 3.92. The molecule has 1 amide bonds. The fourth-order valence-electron chi connectivity index (χ4n) is 2.71. The number of hydrogen-bond acceptors (Lipinski definition) is 5. The topological polar surface area (TPSA) is 80.9 Å². The Morgan fingerprint density at radius 3 is 2.86 bits per heavy atom. The predicted molar refractivity (Wildman–Crippen MR) is 81.0 cm³/mol. The van der Waals surface area contributed by atoms with E-state index in [1.54, 1.807) is 6.20 Å². The highest BCUT2D eigenvalue weighted by atomic mass is 16.5. The Bertz CT molecular complexity index is 630. The van der Waals surface area contributed by atoms with Crippen molar-refractivity contribution in [3.63, 3.8) is 0 Å². The summed E-state index contributed by atoms with van der Waals surface area (Å²) in [5.41, 5.74) is 1.69. The predicted octanol–water partition coefficient (Wildman–Crippen LogP) is 2.43. The molecule has 1 aliphatic rings. The number of hydrogen-bond donors (Lipinski definition) is 1. The Morgan fingerprint density at radius 2 is 2.14 bits per heavy atom. The maximum Gasteiger partial charge on any atom is 0.259 e. The second-order valence-electron chi connectivity index (χ2n) is 5.78. The number of nitrogens with zero attached hydrogens (tertiary/aromatic N) is 3. The van der Waals surface area contributed by atoms with E-state index in [0.717, 1.165) is 24.1 Å². The van der Waals surface area contributed by atoms with Gasteiger partial charge in [0, 0.05) is 17.9 Å². The SMILES string of the molecule is Cc1ccc(-c2nc(CC(=O)NC3CCCCC3)no2)cn1. The van der Waals surface area contributed by atoms with E-state index in [9.17, 15) is 4.79 Å². The lowest BCUT2D eigenvalue weighted by atomic mass is 9.95. The molecule has 0 aromatic carbocycles. The van der Waals surface area contributed by atoms with Gasteiger partial charge < -0.3 is 9.84 Å². The number of carbonyl (C=O) groups excluding carboxylic acids is 1. The number of aromatic nitrogens is 3. The van der Waals surface area contributed by atoms with Crippen LogP contribution in [0.25, 0.3) is 11.5 Å². The number of pyridine rings is 1. The van der Waals surface area contributed by atoms with E-state index in [0.29, 0.717) is 17.8 Å². The first kappa shape index (κ1) is 14.7. The maximum atomic E-state index is 12.0. The summed E-state index contributed by atoms with van der Waals surface area (Å²) in [6.07, 6.45) is 7.63. The third-order valence-corrected chi connectivity index (χ3v) is 3.92. The molecule has 22 heavy (non-hydrogen) atoms. The van der Waals surface area contributed by atoms with Gasteiger partial charge in [-0.1, -0.05) is 24.4 Å². The van der Waals surface area contributed by atoms with E-state index in [-0.39, 0.29) is 12.3 Å². The van der Waals surface area contributed by atoms with Crippen LogP contribution in [0.5, 0.6) is 0 Å². The zero-order valence-electron chi connectivity index (χ0n) is 12.7. The minimum Gasteiger partial charge on any atom is -0.353 e. The number of aryl methyl sites for hydroxylation is 1. The van der Waals surface area contributed by atoms with E-state index in [4.69, 9.17) is 4.52 Å². The smallest absolute Gasteiger partial charge is 0.259 e. The van der Waals surface area contributed by atoms with Gasteiger partial charge in [-0.15, -0.1) is 0 Å². The van der Waals surface area contributed by atoms with Crippen molar-refractivity contribution < 1.29 is 9.32 Å². The van der Waals surface area contributed by atoms with Crippen molar-refractivity contribution in [2.24, 2.45) is 0 Å². The summed E-state index contributed by atoms with van der Waals surface area (Å²) in [7, 11) is 0. The molecule has 0 spiro atoms. The lowest BCUT2D eigenvalue weighted by molar-refractivity contribution is -0.121. The van der Waals surface area contributed by atoms with Crippen molar-refractivity contribution in [3.8, 4) is 11.5 Å². The zero-order valence-corrected chi connectivity index (χ0v) is 12.7. The van der Waals surface area contributed by atoms with Crippen LogP contribution in [-0.2, 0) is 11.2 Å². The summed E-state index contributed by atoms with van der Waals surface area (Å²) in [6.45, 7) is 1.92. The standard InChI is InChI=1S/C16H20N4O2/c1-11-7-8-12(10-17-11)16-19-14(20-22-16)9-15(21)18-13-5-3-2-4-6-13/h7-8,10,13H,2-6,9H2,1H3,(H,18,21). The molecule has 0 saturated heterocycles. The van der Waals surface area contributed by atoms with Crippen LogP contribution in [0.2, 0.25) is 0 Å². The molecule has 116 valence electrons. The Hall–Kier alpha value is -2.24. The first-order chi connectivity index (χ1) is 10.7. The summed E-state index contributed by atoms with van der Waals surface area (Å²) < 4.78 is 5.20. The molecule has 1 aliphatic carbocycles. The van der Waals surface area contributed by atoms with Gasteiger partial charge >= 0.3 is 0 Å². The number of nitrogens with one attached hydrogen (secondary N) is 1. The van der Waals surface area contributed by atoms with Crippen molar-refractivity contribution in [2.75, 3.05) is 0 Å². The molecule has 0 unspecified atom stereocenters. The molecule has 0 bridgehead atoms. The molecule has 6 heteroatoms. The lowest BCUT2D eigenvalue weighted by Crippen LogP contribution is -2.37. The molecular weight excluding hydrogens is 280 g/mol. The molecule has 0 radical (unpaired) electrons. The molecule has 6 nitrogen and oxygen atoms in total. The van der Waals surface area contributed by atoms with Crippen molar-refractivity contribution in [1.29, 1.82) is 0 Å². The number of rotatable bonds is 4. The van der Waals surface area contributed by atoms with Crippen molar-refractivity contribution >= 4 is 5.91 Å². The van der Waals surface area contributed by atoms with Crippen LogP contribution in [0, 0.1) is 6.92 Å². The van der Waals surface area contributed by atoms with Crippen LogP contribution in [-0.4, -0.2) is 27.1 Å². The second kappa shape index (κ2) is 6.68. The minimum absolute atomic E-state index is 0.0405. The molecule has 0 aliphatic heterocycles. The largest absolute Gasteiger partial charge is 0.353 e. The summed E-state index contributed by atoms with van der Waals surface area (Å²) in [5.74, 6) is 0.762. The highest BCUT2D eigenvalue weighted by Gasteiger charge is 2.18. The molecule has 2 heterocycles. The van der Waals surface area contributed by atoms with Crippen LogP contribution < -0.4 is 5.32 Å². The van der Waals surface area contributed by atoms with Crippen LogP contribution in [0.1, 0.15) is 43.6 Å². The Balaban J connectivity index is 1.59. The van der Waals surface area contributed by atoms with Gasteiger partial charge in [0.1, 0.15) is 0 Å². The monoisotopic (exact) mass is 300 g/mol. The fourth-order valence-corrected chi connectivity index (χ4v) is 2.71. The fraction of sp³-hybridized carbons (Fsp3) is 0.500. The molecule has 2 aromatic rings. The van der Waals surface area contributed by atoms with E-state index in [2.05, 4.69) is 20.4 Å². The highest BCUT2D eigenvalue weighted by molar-refractivity contribution is 5.78. The third kappa shape index (κ3) is 3.69. The average molecular weight is 300 g/mol. The van der Waals surface area contributed by atoms with Crippen LogP contribution in [0.3, 0.4) is 0 Å². The van der Waals surface area contributed by atoms with E-state index in [1.165, 1.54) is 19.3 Å². The van der Waals surface area contributed by atoms with Gasteiger partial charge in [-0.2, -0.15) is 4.98 Å². The molecular formula is C16H20N4O2. The number of carbonyl (C=O) groups is 1. The summed E-state index contributed by atoms with van der Waals surface area (Å²) in [4.78, 5) is 20.5. The van der Waals surface area contributed by atoms with Gasteiger partial charge in [0.2, 0.25) is 5.91 Å². The first-order valence-electron chi connectivity index (χ1n) is 7.76. The molecule has 1 fully saturated rings. The van der Waals surface area contributed by atoms with Gasteiger partial charge in [0.15, 0.2) is 5.82 Å². The Labute approximate surface area is 129 Å². The van der Waals surface area contributed by atoms with Gasteiger partial charge in [-0.05, 0) is 31.9 Å². The number of amides is 1. The molecule has 2 aromatic heterocycles. The van der Waals surface area contributed by atoms with Gasteiger partial charge in [0.05, 0.1) is 12.0 Å². The van der Waals surface area contributed by atoms with E-state index < -0.39 is 0 Å². The Morgan fingerprint density at radius 1 is 1.32 bits per heavy atom. The van der Waals surface area contributed by atoms with Gasteiger partial charge in [-0.3, -0.25) is 9.78 Å². The highest BCUT2D eigenvalue weighted by Crippen LogP contribution is 2.18. The molecule has 1 N–H and O–H groups in total. The average Bonchev–Trinajstić information content (AvgIpc) is 2.97. The zero-order chi connectivity index (χ0) is 15.4. The second-order valence-corrected chi connectivity index (χ2v) is 5.78. The quantitative estimate of drug-likeness (QED) is 0.938. The normalized spacial score (nSPS) is 15.7. The van der Waals surface area contributed by atoms with Crippen molar-refractivity contribution in [1.82, 2.24) is 20.4 Å². The lowest BCUT2D eigenvalue weighted by Gasteiger charge is -2.22. The van der Waals surface area contributed by atoms with Crippen LogP contribution in [0.15, 0.2) is 22.9 Å².